The molecule has 0 aliphatic rings. The van der Waals surface area contributed by atoms with Gasteiger partial charge in [-0.1, -0.05) is 49.4 Å². The molecule has 1 aromatic carbocycles. The van der Waals surface area contributed by atoms with Crippen molar-refractivity contribution in [2.24, 2.45) is 0 Å². The number of allylic oxidation sites excluding steroid dienone is 1. The summed E-state index contributed by atoms with van der Waals surface area (Å²) in [5.41, 5.74) is 2.61. The molecule has 0 saturated heterocycles. The number of thiophene rings is 1. The molecule has 0 spiro atoms. The van der Waals surface area contributed by atoms with Gasteiger partial charge in [-0.05, 0) is 36.6 Å². The Morgan fingerprint density at radius 2 is 2.21 bits per heavy atom. The second-order valence-electron chi connectivity index (χ2n) is 6.85. The third-order valence-electron chi connectivity index (χ3n) is 4.35. The first-order chi connectivity index (χ1) is 13.9. The van der Waals surface area contributed by atoms with Crippen molar-refractivity contribution in [3.05, 3.63) is 57.8 Å². The summed E-state index contributed by atoms with van der Waals surface area (Å²) in [5, 5.41) is 15.0. The number of hydrogen-bond donors (Lipinski definition) is 1. The fourth-order valence-corrected chi connectivity index (χ4v) is 4.56. The van der Waals surface area contributed by atoms with E-state index in [-0.39, 0.29) is 11.7 Å². The summed E-state index contributed by atoms with van der Waals surface area (Å²) < 4.78 is 1.99. The van der Waals surface area contributed by atoms with Crippen molar-refractivity contribution < 1.29 is 4.79 Å². The summed E-state index contributed by atoms with van der Waals surface area (Å²) >= 11 is 9.20. The van der Waals surface area contributed by atoms with Gasteiger partial charge >= 0.3 is 0 Å². The van der Waals surface area contributed by atoms with E-state index < -0.39 is 0 Å². The van der Waals surface area contributed by atoms with Crippen LogP contribution >= 0.6 is 34.7 Å². The molecule has 1 N–H and O–H groups in total. The van der Waals surface area contributed by atoms with Gasteiger partial charge in [0.15, 0.2) is 11.0 Å². The smallest absolute Gasteiger partial charge is 0.234 e. The monoisotopic (exact) mass is 446 g/mol. The van der Waals surface area contributed by atoms with Crippen LogP contribution < -0.4 is 5.32 Å². The van der Waals surface area contributed by atoms with Crippen LogP contribution in [0.25, 0.3) is 11.4 Å². The number of nitrogens with zero attached hydrogens (tertiary/aromatic N) is 3. The third-order valence-corrected chi connectivity index (χ3v) is 6.96. The van der Waals surface area contributed by atoms with E-state index in [4.69, 9.17) is 11.6 Å². The van der Waals surface area contributed by atoms with Crippen LogP contribution in [-0.4, -0.2) is 26.4 Å². The van der Waals surface area contributed by atoms with Crippen molar-refractivity contribution >= 4 is 46.3 Å². The van der Waals surface area contributed by atoms with Crippen LogP contribution in [0.3, 0.4) is 0 Å². The molecule has 2 heterocycles. The summed E-state index contributed by atoms with van der Waals surface area (Å²) in [6.07, 6.45) is 1.81. The highest BCUT2D eigenvalue weighted by molar-refractivity contribution is 7.99. The van der Waals surface area contributed by atoms with E-state index in [1.165, 1.54) is 16.6 Å². The molecule has 1 amide bonds. The first kappa shape index (κ1) is 21.6. The number of carbonyl (C=O) groups is 1. The van der Waals surface area contributed by atoms with E-state index >= 15 is 0 Å². The number of carbonyl (C=O) groups excluding carboxylic acids is 1. The number of amides is 1. The summed E-state index contributed by atoms with van der Waals surface area (Å²) in [5.74, 6) is 1.37. The lowest BCUT2D eigenvalue weighted by Gasteiger charge is -2.10. The van der Waals surface area contributed by atoms with Gasteiger partial charge < -0.3 is 5.32 Å². The summed E-state index contributed by atoms with van der Waals surface area (Å²) in [6, 6.07) is 7.61. The third kappa shape index (κ3) is 5.10. The first-order valence-corrected chi connectivity index (χ1v) is 11.5. The van der Waals surface area contributed by atoms with Gasteiger partial charge in [-0.15, -0.1) is 28.1 Å². The largest absolute Gasteiger partial charge is 0.325 e. The van der Waals surface area contributed by atoms with Gasteiger partial charge in [0.2, 0.25) is 5.91 Å². The Bertz CT molecular complexity index is 1030. The molecule has 0 aliphatic carbocycles. The summed E-state index contributed by atoms with van der Waals surface area (Å²) in [6.45, 7) is 10.6. The molecule has 0 unspecified atom stereocenters. The average molecular weight is 447 g/mol. The maximum Gasteiger partial charge on any atom is 0.234 e. The molecule has 0 radical (unpaired) electrons. The van der Waals surface area contributed by atoms with E-state index in [1.54, 1.807) is 17.4 Å². The first-order valence-electron chi connectivity index (χ1n) is 9.21. The van der Waals surface area contributed by atoms with Crippen LogP contribution in [0.4, 0.5) is 5.69 Å². The topological polar surface area (TPSA) is 59.8 Å². The number of benzene rings is 1. The quantitative estimate of drug-likeness (QED) is 0.340. The molecule has 0 aliphatic heterocycles. The number of thioether (sulfide) groups is 1. The molecule has 3 rings (SSSR count). The standard InChI is InChI=1S/C21H23ClN4OS2/c1-5-9-26-20(15-10-18(13(2)3)28-11-15)24-25-21(26)29-12-19(27)23-17-8-6-7-16(22)14(17)4/h5-8,10-11,13H,1,9,12H2,2-4H3,(H,23,27). The van der Waals surface area contributed by atoms with Crippen LogP contribution in [0.2, 0.25) is 5.02 Å². The molecule has 0 saturated carbocycles. The van der Waals surface area contributed by atoms with E-state index in [0.717, 1.165) is 22.6 Å². The van der Waals surface area contributed by atoms with Crippen LogP contribution in [0, 0.1) is 6.92 Å². The molecular weight excluding hydrogens is 424 g/mol. The van der Waals surface area contributed by atoms with Gasteiger partial charge in [0.1, 0.15) is 0 Å². The van der Waals surface area contributed by atoms with Crippen molar-refractivity contribution in [1.29, 1.82) is 0 Å². The predicted molar refractivity (Wildman–Crippen MR) is 123 cm³/mol. The van der Waals surface area contributed by atoms with Gasteiger partial charge in [0.05, 0.1) is 5.75 Å². The lowest BCUT2D eigenvalue weighted by atomic mass is 10.1. The zero-order valence-electron chi connectivity index (χ0n) is 16.6. The van der Waals surface area contributed by atoms with Crippen molar-refractivity contribution in [1.82, 2.24) is 14.8 Å². The minimum absolute atomic E-state index is 0.118. The van der Waals surface area contributed by atoms with Crippen molar-refractivity contribution in [2.45, 2.75) is 38.4 Å². The maximum atomic E-state index is 12.4. The summed E-state index contributed by atoms with van der Waals surface area (Å²) in [4.78, 5) is 13.7. The minimum atomic E-state index is -0.118. The fraction of sp³-hybridized carbons (Fsp3) is 0.286. The zero-order valence-corrected chi connectivity index (χ0v) is 19.0. The van der Waals surface area contributed by atoms with Crippen molar-refractivity contribution in [3.63, 3.8) is 0 Å². The van der Waals surface area contributed by atoms with Crippen molar-refractivity contribution in [2.75, 3.05) is 11.1 Å². The van der Waals surface area contributed by atoms with Gasteiger partial charge in [-0.25, -0.2) is 0 Å². The second-order valence-corrected chi connectivity index (χ2v) is 9.14. The molecule has 5 nitrogen and oxygen atoms in total. The van der Waals surface area contributed by atoms with E-state index in [9.17, 15) is 4.79 Å². The number of hydrogen-bond acceptors (Lipinski definition) is 5. The highest BCUT2D eigenvalue weighted by Crippen LogP contribution is 2.31. The number of halogens is 1. The Balaban J connectivity index is 1.73. The van der Waals surface area contributed by atoms with Crippen LogP contribution in [0.5, 0.6) is 0 Å². The lowest BCUT2D eigenvalue weighted by Crippen LogP contribution is -2.15. The van der Waals surface area contributed by atoms with Gasteiger partial charge in [-0.3, -0.25) is 9.36 Å². The number of rotatable bonds is 8. The minimum Gasteiger partial charge on any atom is -0.325 e. The normalized spacial score (nSPS) is 11.1. The number of anilines is 1. The predicted octanol–water partition coefficient (Wildman–Crippen LogP) is 6.01. The Kier molecular flexibility index (Phi) is 7.16. The molecular formula is C21H23ClN4OS2. The zero-order chi connectivity index (χ0) is 21.0. The van der Waals surface area contributed by atoms with Gasteiger partial charge in [0.25, 0.3) is 0 Å². The average Bonchev–Trinajstić information content (AvgIpc) is 3.31. The van der Waals surface area contributed by atoms with Crippen LogP contribution in [-0.2, 0) is 11.3 Å². The molecule has 29 heavy (non-hydrogen) atoms. The van der Waals surface area contributed by atoms with E-state index in [0.29, 0.717) is 22.6 Å². The Morgan fingerprint density at radius 3 is 2.90 bits per heavy atom. The molecule has 3 aromatic rings. The number of aromatic nitrogens is 3. The van der Waals surface area contributed by atoms with E-state index in [1.807, 2.05) is 29.7 Å². The molecule has 0 fully saturated rings. The Morgan fingerprint density at radius 1 is 1.41 bits per heavy atom. The molecule has 0 atom stereocenters. The van der Waals surface area contributed by atoms with Crippen LogP contribution in [0.1, 0.15) is 30.2 Å². The molecule has 152 valence electrons. The lowest BCUT2D eigenvalue weighted by molar-refractivity contribution is -0.113. The molecule has 0 bridgehead atoms. The van der Waals surface area contributed by atoms with Gasteiger partial charge in [-0.2, -0.15) is 0 Å². The summed E-state index contributed by atoms with van der Waals surface area (Å²) in [7, 11) is 0. The SMILES string of the molecule is C=CCn1c(SCC(=O)Nc2cccc(Cl)c2C)nnc1-c1csc(C(C)C)c1. The highest BCUT2D eigenvalue weighted by Gasteiger charge is 2.17. The second kappa shape index (κ2) is 9.61. The fourth-order valence-electron chi connectivity index (χ4n) is 2.73. The van der Waals surface area contributed by atoms with Crippen molar-refractivity contribution in [3.8, 4) is 11.4 Å². The Hall–Kier alpha value is -2.09. The number of nitrogens with one attached hydrogen (secondary N) is 1. The van der Waals surface area contributed by atoms with E-state index in [2.05, 4.69) is 47.4 Å². The van der Waals surface area contributed by atoms with Gasteiger partial charge in [0, 0.05) is 33.1 Å². The Labute approximate surface area is 184 Å². The van der Waals surface area contributed by atoms with Crippen LogP contribution in [0.15, 0.2) is 47.5 Å². The highest BCUT2D eigenvalue weighted by atomic mass is 35.5. The molecule has 8 heteroatoms. The maximum absolute atomic E-state index is 12.4. The molecule has 2 aromatic heterocycles.